The molecule has 33 heavy (non-hydrogen) atoms. The molecule has 5 rings (SSSR count). The molecule has 0 aromatic heterocycles. The number of fused-ring (bicyclic) bond motifs is 2. The summed E-state index contributed by atoms with van der Waals surface area (Å²) < 4.78 is 34.1. The number of anilines is 1. The molecule has 0 bridgehead atoms. The number of amidine groups is 1. The topological polar surface area (TPSA) is 96.9 Å². The molecule has 0 aliphatic carbocycles. The van der Waals surface area contributed by atoms with Crippen LogP contribution in [-0.2, 0) is 10.0 Å². The standard InChI is InChI=1S/C25H23N3O4S/c1-15-13-16(2)23-20(14-15)21(11-12-32-23)27-25(29)17-7-9-18(10-8-17)26-24-19-5-3-4-6-22(19)33(30,31)28-24/h3-10,13-14,21H,11-12H2,1-2H3,(H,26,28)(H,27,29). The van der Waals surface area contributed by atoms with Gasteiger partial charge in [0.1, 0.15) is 10.6 Å². The molecule has 168 valence electrons. The van der Waals surface area contributed by atoms with Gasteiger partial charge in [-0.15, -0.1) is 4.40 Å². The highest BCUT2D eigenvalue weighted by Gasteiger charge is 2.28. The van der Waals surface area contributed by atoms with Crippen LogP contribution in [0.5, 0.6) is 5.75 Å². The van der Waals surface area contributed by atoms with Gasteiger partial charge in [-0.25, -0.2) is 0 Å². The fourth-order valence-corrected chi connectivity index (χ4v) is 5.48. The zero-order valence-electron chi connectivity index (χ0n) is 18.3. The quantitative estimate of drug-likeness (QED) is 0.612. The van der Waals surface area contributed by atoms with Crippen molar-refractivity contribution in [2.45, 2.75) is 31.2 Å². The van der Waals surface area contributed by atoms with Crippen molar-refractivity contribution in [3.8, 4) is 5.75 Å². The number of sulfonamides is 1. The maximum Gasteiger partial charge on any atom is 0.285 e. The Labute approximate surface area is 192 Å². The predicted octanol–water partition coefficient (Wildman–Crippen LogP) is 4.12. The summed E-state index contributed by atoms with van der Waals surface area (Å²) in [6, 6.07) is 17.6. The van der Waals surface area contributed by atoms with E-state index in [0.717, 1.165) is 22.4 Å². The monoisotopic (exact) mass is 461 g/mol. The highest BCUT2D eigenvalue weighted by Crippen LogP contribution is 2.36. The van der Waals surface area contributed by atoms with E-state index < -0.39 is 10.0 Å². The molecule has 2 heterocycles. The number of aryl methyl sites for hydroxylation is 2. The summed E-state index contributed by atoms with van der Waals surface area (Å²) in [5.74, 6) is 0.946. The second-order valence-corrected chi connectivity index (χ2v) is 9.85. The molecule has 1 atom stereocenters. The van der Waals surface area contributed by atoms with E-state index in [0.29, 0.717) is 29.8 Å². The zero-order chi connectivity index (χ0) is 23.2. The molecule has 7 nitrogen and oxygen atoms in total. The Bertz CT molecular complexity index is 1400. The smallest absolute Gasteiger partial charge is 0.285 e. The Kier molecular flexibility index (Phi) is 5.17. The van der Waals surface area contributed by atoms with Crippen LogP contribution in [-0.4, -0.2) is 26.8 Å². The first-order chi connectivity index (χ1) is 15.8. The number of carbonyl (C=O) groups is 1. The van der Waals surface area contributed by atoms with E-state index in [2.05, 4.69) is 27.2 Å². The van der Waals surface area contributed by atoms with Crippen molar-refractivity contribution in [2.75, 3.05) is 11.9 Å². The van der Waals surface area contributed by atoms with Gasteiger partial charge in [-0.05, 0) is 55.8 Å². The first-order valence-electron chi connectivity index (χ1n) is 10.7. The fourth-order valence-electron chi connectivity index (χ4n) is 4.31. The van der Waals surface area contributed by atoms with Crippen LogP contribution >= 0.6 is 0 Å². The van der Waals surface area contributed by atoms with Crippen LogP contribution in [0.4, 0.5) is 5.69 Å². The molecule has 0 spiro atoms. The second kappa shape index (κ2) is 8.04. The van der Waals surface area contributed by atoms with Crippen LogP contribution in [0.1, 0.15) is 45.1 Å². The van der Waals surface area contributed by atoms with Gasteiger partial charge in [-0.1, -0.05) is 29.8 Å². The lowest BCUT2D eigenvalue weighted by atomic mass is 9.95. The number of amides is 1. The highest BCUT2D eigenvalue weighted by atomic mass is 32.2. The lowest BCUT2D eigenvalue weighted by molar-refractivity contribution is 0.0924. The van der Waals surface area contributed by atoms with Crippen molar-refractivity contribution < 1.29 is 17.9 Å². The normalized spacial score (nSPS) is 17.9. The summed E-state index contributed by atoms with van der Waals surface area (Å²) in [7, 11) is -3.69. The minimum atomic E-state index is -3.69. The first-order valence-corrected chi connectivity index (χ1v) is 12.1. The Morgan fingerprint density at radius 3 is 2.61 bits per heavy atom. The molecule has 0 saturated carbocycles. The van der Waals surface area contributed by atoms with Gasteiger partial charge in [0, 0.05) is 28.8 Å². The molecular weight excluding hydrogens is 438 g/mol. The third kappa shape index (κ3) is 3.98. The van der Waals surface area contributed by atoms with Gasteiger partial charge in [-0.2, -0.15) is 8.42 Å². The van der Waals surface area contributed by atoms with E-state index in [1.165, 1.54) is 6.07 Å². The van der Waals surface area contributed by atoms with Crippen LogP contribution in [0.15, 0.2) is 70.0 Å². The third-order valence-electron chi connectivity index (χ3n) is 5.82. The van der Waals surface area contributed by atoms with E-state index in [-0.39, 0.29) is 22.7 Å². The Balaban J connectivity index is 1.32. The molecule has 8 heteroatoms. The molecule has 0 saturated heterocycles. The second-order valence-electron chi connectivity index (χ2n) is 8.28. The maximum absolute atomic E-state index is 12.9. The van der Waals surface area contributed by atoms with Gasteiger partial charge in [0.05, 0.1) is 12.6 Å². The number of carbonyl (C=O) groups excluding carboxylic acids is 1. The van der Waals surface area contributed by atoms with Crippen molar-refractivity contribution in [1.82, 2.24) is 5.32 Å². The van der Waals surface area contributed by atoms with Gasteiger partial charge in [0.15, 0.2) is 5.84 Å². The number of rotatable bonds is 3. The number of hydrogen-bond donors (Lipinski definition) is 2. The molecule has 3 aromatic rings. The highest BCUT2D eigenvalue weighted by molar-refractivity contribution is 7.90. The molecule has 2 N–H and O–H groups in total. The van der Waals surface area contributed by atoms with Crippen LogP contribution in [0.25, 0.3) is 0 Å². The number of hydrogen-bond acceptors (Lipinski definition) is 5. The Morgan fingerprint density at radius 1 is 1.06 bits per heavy atom. The maximum atomic E-state index is 12.9. The van der Waals surface area contributed by atoms with Crippen LogP contribution in [0, 0.1) is 13.8 Å². The number of nitrogens with one attached hydrogen (secondary N) is 2. The van der Waals surface area contributed by atoms with Crippen LogP contribution < -0.4 is 15.4 Å². The first kappa shape index (κ1) is 21.2. The average Bonchev–Trinajstić information content (AvgIpc) is 3.05. The number of ether oxygens (including phenoxy) is 1. The van der Waals surface area contributed by atoms with Crippen molar-refractivity contribution in [3.05, 3.63) is 88.5 Å². The lowest BCUT2D eigenvalue weighted by Crippen LogP contribution is -2.32. The van der Waals surface area contributed by atoms with E-state index >= 15 is 0 Å². The fraction of sp³-hybridized carbons (Fsp3) is 0.200. The molecule has 1 unspecified atom stereocenters. The molecule has 1 amide bonds. The van der Waals surface area contributed by atoms with Gasteiger partial charge >= 0.3 is 0 Å². The minimum Gasteiger partial charge on any atom is -0.493 e. The molecule has 3 aromatic carbocycles. The van der Waals surface area contributed by atoms with Gasteiger partial charge in [0.2, 0.25) is 0 Å². The van der Waals surface area contributed by atoms with Crippen molar-refractivity contribution in [2.24, 2.45) is 4.40 Å². The summed E-state index contributed by atoms with van der Waals surface area (Å²) in [5, 5.41) is 6.17. The molecule has 2 aliphatic heterocycles. The van der Waals surface area contributed by atoms with Gasteiger partial charge in [-0.3, -0.25) is 4.79 Å². The van der Waals surface area contributed by atoms with E-state index in [1.54, 1.807) is 42.5 Å². The largest absolute Gasteiger partial charge is 0.493 e. The van der Waals surface area contributed by atoms with Crippen LogP contribution in [0.3, 0.4) is 0 Å². The van der Waals surface area contributed by atoms with E-state index in [1.807, 2.05) is 13.8 Å². The Morgan fingerprint density at radius 2 is 1.82 bits per heavy atom. The molecule has 0 radical (unpaired) electrons. The summed E-state index contributed by atoms with van der Waals surface area (Å²) in [5.41, 5.74) is 4.88. The van der Waals surface area contributed by atoms with Gasteiger partial charge in [0.25, 0.3) is 15.9 Å². The van der Waals surface area contributed by atoms with E-state index in [9.17, 15) is 13.2 Å². The average molecular weight is 462 g/mol. The summed E-state index contributed by atoms with van der Waals surface area (Å²) in [6.45, 7) is 4.60. The summed E-state index contributed by atoms with van der Waals surface area (Å²) >= 11 is 0. The summed E-state index contributed by atoms with van der Waals surface area (Å²) in [4.78, 5) is 13.1. The molecule has 2 aliphatic rings. The minimum absolute atomic E-state index is 0.118. The lowest BCUT2D eigenvalue weighted by Gasteiger charge is -2.28. The predicted molar refractivity (Wildman–Crippen MR) is 126 cm³/mol. The van der Waals surface area contributed by atoms with Gasteiger partial charge < -0.3 is 15.4 Å². The van der Waals surface area contributed by atoms with Crippen LogP contribution in [0.2, 0.25) is 0 Å². The number of nitrogens with zero attached hydrogens (tertiary/aromatic N) is 1. The van der Waals surface area contributed by atoms with E-state index in [4.69, 9.17) is 4.74 Å². The van der Waals surface area contributed by atoms with Crippen molar-refractivity contribution >= 4 is 27.5 Å². The summed E-state index contributed by atoms with van der Waals surface area (Å²) in [6.07, 6.45) is 0.703. The van der Waals surface area contributed by atoms with Crippen molar-refractivity contribution in [1.29, 1.82) is 0 Å². The zero-order valence-corrected chi connectivity index (χ0v) is 19.1. The number of benzene rings is 3. The SMILES string of the molecule is Cc1cc(C)c2c(c1)C(NC(=O)c1ccc(NC3=NS(=O)(=O)c4ccccc43)cc1)CCO2. The van der Waals surface area contributed by atoms with Crippen molar-refractivity contribution in [3.63, 3.8) is 0 Å². The molecule has 0 fully saturated rings. The molecular formula is C25H23N3O4S. The Hall–Kier alpha value is -3.65. The third-order valence-corrected chi connectivity index (χ3v) is 7.16.